The van der Waals surface area contributed by atoms with Crippen molar-refractivity contribution in [3.63, 3.8) is 0 Å². The Hall–Kier alpha value is -1.23. The third-order valence-corrected chi connectivity index (χ3v) is 2.20. The normalized spacial score (nSPS) is 11.5. The van der Waals surface area contributed by atoms with E-state index in [-0.39, 0.29) is 17.4 Å². The van der Waals surface area contributed by atoms with E-state index in [4.69, 9.17) is 16.7 Å². The van der Waals surface area contributed by atoms with E-state index in [0.717, 1.165) is 6.20 Å². The summed E-state index contributed by atoms with van der Waals surface area (Å²) in [5.41, 5.74) is -0.999. The summed E-state index contributed by atoms with van der Waals surface area (Å²) >= 11 is 5.45. The van der Waals surface area contributed by atoms with Gasteiger partial charge in [0.15, 0.2) is 11.0 Å². The minimum absolute atomic E-state index is 0.0995. The van der Waals surface area contributed by atoms with Crippen molar-refractivity contribution in [2.75, 3.05) is 0 Å². The zero-order chi connectivity index (χ0) is 11.6. The van der Waals surface area contributed by atoms with E-state index in [2.05, 4.69) is 9.97 Å². The quantitative estimate of drug-likeness (QED) is 0.809. The smallest absolute Gasteiger partial charge is 0.309 e. The molecule has 0 fully saturated rings. The van der Waals surface area contributed by atoms with E-state index in [0.29, 0.717) is 0 Å². The van der Waals surface area contributed by atoms with Crippen LogP contribution in [0, 0.1) is 11.2 Å². The summed E-state index contributed by atoms with van der Waals surface area (Å²) in [5, 5.41) is 8.57. The molecule has 0 saturated heterocycles. The van der Waals surface area contributed by atoms with Gasteiger partial charge >= 0.3 is 5.97 Å². The first-order valence-electron chi connectivity index (χ1n) is 4.23. The Bertz CT molecular complexity index is 396. The number of carbonyl (C=O) groups is 1. The van der Waals surface area contributed by atoms with Crippen LogP contribution in [0.1, 0.15) is 19.7 Å². The molecule has 6 heteroatoms. The molecule has 0 aromatic carbocycles. The van der Waals surface area contributed by atoms with Gasteiger partial charge in [-0.05, 0) is 13.8 Å². The average molecular weight is 233 g/mol. The molecule has 1 aromatic heterocycles. The lowest BCUT2D eigenvalue weighted by atomic mass is 9.89. The fraction of sp³-hybridized carbons (Fsp3) is 0.444. The Balaban J connectivity index is 2.91. The largest absolute Gasteiger partial charge is 0.481 e. The number of hydrogen-bond acceptors (Lipinski definition) is 3. The lowest BCUT2D eigenvalue weighted by molar-refractivity contribution is -0.146. The molecule has 15 heavy (non-hydrogen) atoms. The minimum Gasteiger partial charge on any atom is -0.481 e. The highest BCUT2D eigenvalue weighted by atomic mass is 35.5. The lowest BCUT2D eigenvalue weighted by Crippen LogP contribution is -2.27. The molecule has 0 atom stereocenters. The van der Waals surface area contributed by atoms with E-state index in [1.54, 1.807) is 0 Å². The molecule has 1 N–H and O–H groups in total. The van der Waals surface area contributed by atoms with Crippen LogP contribution in [0.5, 0.6) is 0 Å². The second-order valence-electron chi connectivity index (χ2n) is 3.79. The summed E-state index contributed by atoms with van der Waals surface area (Å²) in [6.45, 7) is 3.08. The van der Waals surface area contributed by atoms with Gasteiger partial charge in [-0.2, -0.15) is 0 Å². The molecule has 0 aliphatic heterocycles. The number of aliphatic carboxylic acids is 1. The van der Waals surface area contributed by atoms with Gasteiger partial charge < -0.3 is 5.11 Å². The first kappa shape index (κ1) is 11.8. The standard InChI is InChI=1S/C9H10ClFN2O2/c1-9(2,8(14)15)3-6-12-4-5(11)7(10)13-6/h4H,3H2,1-2H3,(H,14,15). The summed E-state index contributed by atoms with van der Waals surface area (Å²) < 4.78 is 12.7. The van der Waals surface area contributed by atoms with Gasteiger partial charge in [0.05, 0.1) is 11.6 Å². The maximum Gasteiger partial charge on any atom is 0.309 e. The van der Waals surface area contributed by atoms with Gasteiger partial charge in [-0.25, -0.2) is 14.4 Å². The molecule has 0 spiro atoms. The van der Waals surface area contributed by atoms with Crippen LogP contribution >= 0.6 is 11.6 Å². The Kier molecular flexibility index (Phi) is 3.24. The van der Waals surface area contributed by atoms with Crippen LogP contribution in [-0.4, -0.2) is 21.0 Å². The maximum absolute atomic E-state index is 12.7. The molecular formula is C9H10ClFN2O2. The van der Waals surface area contributed by atoms with Crippen LogP contribution in [0.2, 0.25) is 5.15 Å². The van der Waals surface area contributed by atoms with Crippen LogP contribution in [0.25, 0.3) is 0 Å². The molecule has 0 unspecified atom stereocenters. The number of aromatic nitrogens is 2. The fourth-order valence-corrected chi connectivity index (χ4v) is 1.08. The summed E-state index contributed by atoms with van der Waals surface area (Å²) in [7, 11) is 0. The zero-order valence-corrected chi connectivity index (χ0v) is 9.05. The van der Waals surface area contributed by atoms with Crippen molar-refractivity contribution in [1.29, 1.82) is 0 Å². The third kappa shape index (κ3) is 2.86. The van der Waals surface area contributed by atoms with Crippen molar-refractivity contribution in [3.05, 3.63) is 23.0 Å². The summed E-state index contributed by atoms with van der Waals surface area (Å²) in [6, 6.07) is 0. The molecule has 0 bridgehead atoms. The van der Waals surface area contributed by atoms with Gasteiger partial charge in [0, 0.05) is 6.42 Å². The fourth-order valence-electron chi connectivity index (χ4n) is 0.936. The molecule has 1 aromatic rings. The summed E-state index contributed by atoms with van der Waals surface area (Å²) in [4.78, 5) is 18.1. The number of rotatable bonds is 3. The van der Waals surface area contributed by atoms with Crippen LogP contribution in [0.4, 0.5) is 4.39 Å². The highest BCUT2D eigenvalue weighted by Crippen LogP contribution is 2.21. The van der Waals surface area contributed by atoms with Gasteiger partial charge in [-0.15, -0.1) is 0 Å². The van der Waals surface area contributed by atoms with E-state index < -0.39 is 17.2 Å². The Labute approximate surface area is 91.1 Å². The molecule has 0 aliphatic carbocycles. The second kappa shape index (κ2) is 4.10. The topological polar surface area (TPSA) is 63.1 Å². The van der Waals surface area contributed by atoms with Gasteiger partial charge in [-0.1, -0.05) is 11.6 Å². The summed E-state index contributed by atoms with van der Waals surface area (Å²) in [6.07, 6.45) is 1.03. The highest BCUT2D eigenvalue weighted by Gasteiger charge is 2.28. The van der Waals surface area contributed by atoms with Gasteiger partial charge in [-0.3, -0.25) is 4.79 Å². The SMILES string of the molecule is CC(C)(Cc1ncc(F)c(Cl)n1)C(=O)O. The van der Waals surface area contributed by atoms with Crippen molar-refractivity contribution in [3.8, 4) is 0 Å². The van der Waals surface area contributed by atoms with E-state index in [1.165, 1.54) is 13.8 Å². The Morgan fingerprint density at radius 2 is 2.27 bits per heavy atom. The third-order valence-electron chi connectivity index (χ3n) is 1.93. The number of carboxylic acid groups (broad SMARTS) is 1. The average Bonchev–Trinajstić information content (AvgIpc) is 2.10. The number of halogens is 2. The van der Waals surface area contributed by atoms with Crippen LogP contribution in [-0.2, 0) is 11.2 Å². The van der Waals surface area contributed by atoms with Crippen molar-refractivity contribution in [1.82, 2.24) is 9.97 Å². The number of carboxylic acids is 1. The van der Waals surface area contributed by atoms with Crippen molar-refractivity contribution in [2.45, 2.75) is 20.3 Å². The molecule has 1 rings (SSSR count). The molecule has 82 valence electrons. The van der Waals surface area contributed by atoms with Crippen LogP contribution in [0.3, 0.4) is 0 Å². The predicted octanol–water partition coefficient (Wildman–Crippen LogP) is 1.92. The first-order chi connectivity index (χ1) is 6.83. The van der Waals surface area contributed by atoms with Gasteiger partial charge in [0.2, 0.25) is 0 Å². The Morgan fingerprint density at radius 3 is 2.73 bits per heavy atom. The number of hydrogen-bond donors (Lipinski definition) is 1. The highest BCUT2D eigenvalue weighted by molar-refractivity contribution is 6.29. The van der Waals surface area contributed by atoms with Gasteiger partial charge in [0.25, 0.3) is 0 Å². The Morgan fingerprint density at radius 1 is 1.67 bits per heavy atom. The molecule has 0 radical (unpaired) electrons. The van der Waals surface area contributed by atoms with E-state index >= 15 is 0 Å². The molecule has 0 saturated carbocycles. The monoisotopic (exact) mass is 232 g/mol. The van der Waals surface area contributed by atoms with Crippen molar-refractivity contribution in [2.24, 2.45) is 5.41 Å². The van der Waals surface area contributed by atoms with E-state index in [9.17, 15) is 9.18 Å². The molecule has 0 amide bonds. The van der Waals surface area contributed by atoms with Crippen LogP contribution in [0.15, 0.2) is 6.20 Å². The van der Waals surface area contributed by atoms with Gasteiger partial charge in [0.1, 0.15) is 5.82 Å². The molecule has 1 heterocycles. The lowest BCUT2D eigenvalue weighted by Gasteiger charge is -2.17. The van der Waals surface area contributed by atoms with Crippen molar-refractivity contribution >= 4 is 17.6 Å². The second-order valence-corrected chi connectivity index (χ2v) is 4.15. The zero-order valence-electron chi connectivity index (χ0n) is 8.29. The molecule has 0 aliphatic rings. The predicted molar refractivity (Wildman–Crippen MR) is 52.1 cm³/mol. The summed E-state index contributed by atoms with van der Waals surface area (Å²) in [5.74, 6) is -1.46. The maximum atomic E-state index is 12.7. The number of nitrogens with zero attached hydrogens (tertiary/aromatic N) is 2. The van der Waals surface area contributed by atoms with Crippen LogP contribution < -0.4 is 0 Å². The molecule has 4 nitrogen and oxygen atoms in total. The van der Waals surface area contributed by atoms with Crippen molar-refractivity contribution < 1.29 is 14.3 Å². The first-order valence-corrected chi connectivity index (χ1v) is 4.61. The minimum atomic E-state index is -0.999. The molecular weight excluding hydrogens is 223 g/mol. The van der Waals surface area contributed by atoms with E-state index in [1.807, 2.05) is 0 Å².